The molecule has 1 heterocycles. The van der Waals surface area contributed by atoms with Crippen LogP contribution in [0.3, 0.4) is 0 Å². The molecule has 0 atom stereocenters. The summed E-state index contributed by atoms with van der Waals surface area (Å²) in [4.78, 5) is 26.0. The summed E-state index contributed by atoms with van der Waals surface area (Å²) in [6.07, 6.45) is 0.466. The van der Waals surface area contributed by atoms with Crippen molar-refractivity contribution in [3.05, 3.63) is 58.9 Å². The minimum absolute atomic E-state index is 0.0876. The molecule has 1 aliphatic rings. The van der Waals surface area contributed by atoms with Gasteiger partial charge in [0.2, 0.25) is 0 Å². The van der Waals surface area contributed by atoms with Gasteiger partial charge in [0.05, 0.1) is 0 Å². The molecule has 3 rings (SSSR count). The minimum Gasteiger partial charge on any atom is -0.354 e. The number of carbonyl (C=O) groups excluding carboxylic acids is 2. The second kappa shape index (κ2) is 7.10. The molecule has 0 radical (unpaired) electrons. The van der Waals surface area contributed by atoms with Gasteiger partial charge >= 0.3 is 0 Å². The monoisotopic (exact) mass is 404 g/mol. The van der Waals surface area contributed by atoms with Crippen LogP contribution in [-0.2, 0) is 20.7 Å². The fraction of sp³-hybridized carbons (Fsp3) is 0.391. The van der Waals surface area contributed by atoms with E-state index in [0.717, 1.165) is 6.07 Å². The number of ether oxygens (including phenoxy) is 1. The van der Waals surface area contributed by atoms with E-state index in [1.54, 1.807) is 39.8 Å². The van der Waals surface area contributed by atoms with Crippen LogP contribution in [0.5, 0.6) is 0 Å². The van der Waals surface area contributed by atoms with Crippen molar-refractivity contribution in [3.8, 4) is 11.1 Å². The van der Waals surface area contributed by atoms with Crippen molar-refractivity contribution in [2.45, 2.75) is 58.2 Å². The topological polar surface area (TPSA) is 43.4 Å². The van der Waals surface area contributed by atoms with E-state index >= 15 is 0 Å². The van der Waals surface area contributed by atoms with E-state index in [2.05, 4.69) is 0 Å². The van der Waals surface area contributed by atoms with E-state index in [0.29, 0.717) is 23.1 Å². The number of carbonyl (C=O) groups is 2. The fourth-order valence-corrected chi connectivity index (χ4v) is 3.95. The van der Waals surface area contributed by atoms with E-state index in [1.165, 1.54) is 12.1 Å². The molecule has 2 aromatic rings. The van der Waals surface area contributed by atoms with Crippen LogP contribution in [-0.4, -0.2) is 22.8 Å². The Balaban J connectivity index is 2.14. The van der Waals surface area contributed by atoms with Crippen LogP contribution in [0.15, 0.2) is 30.3 Å². The Hall–Kier alpha value is -2.47. The van der Waals surface area contributed by atoms with Crippen LogP contribution >= 0.6 is 0 Å². The van der Waals surface area contributed by atoms with E-state index in [4.69, 9.17) is 4.74 Å². The van der Waals surface area contributed by atoms with Crippen molar-refractivity contribution < 1.29 is 27.5 Å². The van der Waals surface area contributed by atoms with Crippen molar-refractivity contribution in [3.63, 3.8) is 0 Å². The molecule has 29 heavy (non-hydrogen) atoms. The van der Waals surface area contributed by atoms with Gasteiger partial charge in [-0.3, -0.25) is 9.59 Å². The third-order valence-electron chi connectivity index (χ3n) is 5.40. The predicted molar refractivity (Wildman–Crippen MR) is 103 cm³/mol. The molecule has 0 aliphatic carbocycles. The summed E-state index contributed by atoms with van der Waals surface area (Å²) in [5.41, 5.74) is -0.843. The number of halogens is 3. The molecule has 154 valence electrons. The molecule has 1 aliphatic heterocycles. The molecular formula is C23H23F3O3. The lowest BCUT2D eigenvalue weighted by Crippen LogP contribution is -2.58. The highest BCUT2D eigenvalue weighted by molar-refractivity contribution is 6.15. The summed E-state index contributed by atoms with van der Waals surface area (Å²) in [5.74, 6) is -5.77. The van der Waals surface area contributed by atoms with Crippen molar-refractivity contribution in [2.75, 3.05) is 0 Å². The minimum atomic E-state index is -1.54. The van der Waals surface area contributed by atoms with E-state index in [-0.39, 0.29) is 17.1 Å². The fourth-order valence-electron chi connectivity index (χ4n) is 3.95. The maximum absolute atomic E-state index is 14.2. The number of Topliss-reactive ketones (excluding diaryl/α,β-unsaturated/α-hetero) is 2. The number of rotatable bonds is 3. The van der Waals surface area contributed by atoms with Crippen LogP contribution in [0.1, 0.15) is 51.7 Å². The van der Waals surface area contributed by atoms with Gasteiger partial charge < -0.3 is 4.74 Å². The predicted octanol–water partition coefficient (Wildman–Crippen LogP) is 5.14. The molecule has 0 spiro atoms. The Morgan fingerprint density at radius 3 is 2.03 bits per heavy atom. The Morgan fingerprint density at radius 1 is 0.897 bits per heavy atom. The quantitative estimate of drug-likeness (QED) is 0.525. The van der Waals surface area contributed by atoms with Crippen LogP contribution in [0.2, 0.25) is 0 Å². The van der Waals surface area contributed by atoms with Crippen molar-refractivity contribution in [1.29, 1.82) is 0 Å². The molecule has 2 aromatic carbocycles. The van der Waals surface area contributed by atoms with Gasteiger partial charge in [0.15, 0.2) is 29.0 Å². The number of benzene rings is 2. The summed E-state index contributed by atoms with van der Waals surface area (Å²) in [6.45, 7) is 8.37. The van der Waals surface area contributed by atoms with Crippen molar-refractivity contribution in [1.82, 2.24) is 0 Å². The molecular weight excluding hydrogens is 381 g/mol. The zero-order valence-electron chi connectivity index (χ0n) is 17.0. The number of hydrogen-bond donors (Lipinski definition) is 0. The maximum Gasteiger partial charge on any atom is 0.195 e. The smallest absolute Gasteiger partial charge is 0.195 e. The maximum atomic E-state index is 14.2. The molecule has 0 aromatic heterocycles. The van der Waals surface area contributed by atoms with Gasteiger partial charge in [0, 0.05) is 5.56 Å². The normalized spacial score (nSPS) is 18.9. The van der Waals surface area contributed by atoms with Crippen LogP contribution < -0.4 is 0 Å². The highest BCUT2D eigenvalue weighted by atomic mass is 19.2. The first-order valence-electron chi connectivity index (χ1n) is 9.46. The van der Waals surface area contributed by atoms with E-state index < -0.39 is 34.6 Å². The molecule has 0 saturated carbocycles. The zero-order chi connectivity index (χ0) is 21.7. The van der Waals surface area contributed by atoms with Gasteiger partial charge in [-0.1, -0.05) is 25.1 Å². The largest absolute Gasteiger partial charge is 0.354 e. The molecule has 1 saturated heterocycles. The Morgan fingerprint density at radius 2 is 1.48 bits per heavy atom. The third kappa shape index (κ3) is 3.50. The Labute approximate surface area is 167 Å². The van der Waals surface area contributed by atoms with Crippen LogP contribution in [0.25, 0.3) is 11.1 Å². The second-order valence-corrected chi connectivity index (χ2v) is 8.27. The van der Waals surface area contributed by atoms with Crippen molar-refractivity contribution >= 4 is 11.6 Å². The van der Waals surface area contributed by atoms with Gasteiger partial charge in [-0.25, -0.2) is 13.2 Å². The highest BCUT2D eigenvalue weighted by Crippen LogP contribution is 2.40. The summed E-state index contributed by atoms with van der Waals surface area (Å²) >= 11 is 0. The van der Waals surface area contributed by atoms with E-state index in [9.17, 15) is 22.8 Å². The summed E-state index contributed by atoms with van der Waals surface area (Å²) in [5, 5.41) is 0. The summed E-state index contributed by atoms with van der Waals surface area (Å²) < 4.78 is 46.9. The number of hydrogen-bond acceptors (Lipinski definition) is 3. The Bertz CT molecular complexity index is 983. The van der Waals surface area contributed by atoms with Crippen molar-refractivity contribution in [2.24, 2.45) is 0 Å². The SMILES string of the molecule is CCc1cc(-c2ccc(F)c(F)c2F)ccc1C1C(=O)C(C)(C)OC(C)(C)C1=O. The molecule has 0 unspecified atom stereocenters. The molecule has 6 heteroatoms. The number of aryl methyl sites for hydroxylation is 1. The lowest BCUT2D eigenvalue weighted by atomic mass is 9.73. The van der Waals surface area contributed by atoms with E-state index in [1.807, 2.05) is 6.92 Å². The third-order valence-corrected chi connectivity index (χ3v) is 5.40. The lowest BCUT2D eigenvalue weighted by molar-refractivity contribution is -0.184. The van der Waals surface area contributed by atoms with Gasteiger partial charge in [0.1, 0.15) is 17.1 Å². The first kappa shape index (κ1) is 21.2. The van der Waals surface area contributed by atoms with Gasteiger partial charge in [-0.15, -0.1) is 0 Å². The first-order valence-corrected chi connectivity index (χ1v) is 9.46. The average Bonchev–Trinajstić information content (AvgIpc) is 2.65. The summed E-state index contributed by atoms with van der Waals surface area (Å²) in [6, 6.07) is 6.75. The van der Waals surface area contributed by atoms with Gasteiger partial charge in [-0.05, 0) is 62.9 Å². The number of ketones is 2. The Kier molecular flexibility index (Phi) is 5.20. The standard InChI is InChI=1S/C23H23F3O3/c1-6-12-11-13(15-9-10-16(24)19(26)18(15)25)7-8-14(12)17-20(27)22(2,3)29-23(4,5)21(17)28/h7-11,17H,6H2,1-5H3. The molecule has 0 N–H and O–H groups in total. The zero-order valence-corrected chi connectivity index (χ0v) is 17.0. The second-order valence-electron chi connectivity index (χ2n) is 8.27. The van der Waals surface area contributed by atoms with Crippen LogP contribution in [0.4, 0.5) is 13.2 Å². The van der Waals surface area contributed by atoms with Gasteiger partial charge in [0.25, 0.3) is 0 Å². The lowest BCUT2D eigenvalue weighted by Gasteiger charge is -2.43. The molecule has 0 amide bonds. The first-order chi connectivity index (χ1) is 13.4. The highest BCUT2D eigenvalue weighted by Gasteiger charge is 2.53. The average molecular weight is 404 g/mol. The molecule has 0 bridgehead atoms. The molecule has 1 fully saturated rings. The van der Waals surface area contributed by atoms with Gasteiger partial charge in [-0.2, -0.15) is 0 Å². The molecule has 3 nitrogen and oxygen atoms in total. The summed E-state index contributed by atoms with van der Waals surface area (Å²) in [7, 11) is 0. The van der Waals surface area contributed by atoms with Crippen LogP contribution in [0, 0.1) is 17.5 Å².